The van der Waals surface area contributed by atoms with E-state index in [1.54, 1.807) is 41.3 Å². The summed E-state index contributed by atoms with van der Waals surface area (Å²) in [6, 6.07) is 23.8. The Morgan fingerprint density at radius 2 is 1.57 bits per heavy atom. The summed E-state index contributed by atoms with van der Waals surface area (Å²) in [5.74, 6) is -0.413. The van der Waals surface area contributed by atoms with Crippen LogP contribution in [0.2, 0.25) is 0 Å². The summed E-state index contributed by atoms with van der Waals surface area (Å²) in [5.41, 5.74) is 0.556. The second kappa shape index (κ2) is 11.5. The number of phenolic OH excluding ortho intramolecular Hbond substituents is 1. The quantitative estimate of drug-likeness (QED) is 0.200. The number of nitrogens with zero attached hydrogens (tertiary/aromatic N) is 1. The van der Waals surface area contributed by atoms with Gasteiger partial charge in [-0.15, -0.1) is 0 Å². The van der Waals surface area contributed by atoms with Crippen LogP contribution in [0.5, 0.6) is 11.5 Å². The maximum absolute atomic E-state index is 13.2. The first-order chi connectivity index (χ1) is 17.7. The number of halogens is 1. The number of hydrogen-bond acceptors (Lipinski definition) is 6. The van der Waals surface area contributed by atoms with Gasteiger partial charge in [0.2, 0.25) is 0 Å². The van der Waals surface area contributed by atoms with E-state index < -0.39 is 16.0 Å². The van der Waals surface area contributed by atoms with Crippen LogP contribution < -0.4 is 14.4 Å². The lowest BCUT2D eigenvalue weighted by atomic mass is 10.1. The Morgan fingerprint density at radius 3 is 2.24 bits per heavy atom. The van der Waals surface area contributed by atoms with E-state index in [1.807, 2.05) is 30.3 Å². The normalized spacial score (nSPS) is 11.3. The minimum absolute atomic E-state index is 0.0766. The smallest absolute Gasteiger partial charge is 0.305 e. The second-order valence-corrected chi connectivity index (χ2v) is 10.8. The van der Waals surface area contributed by atoms with Crippen molar-refractivity contribution in [3.05, 3.63) is 89.4 Å². The second-order valence-electron chi connectivity index (χ2n) is 8.19. The Hall–Kier alpha value is -3.76. The predicted octanol–water partition coefficient (Wildman–Crippen LogP) is 5.47. The number of hydrogen-bond donors (Lipinski definition) is 3. The molecule has 4 aromatic carbocycles. The Balaban J connectivity index is 1.71. The Morgan fingerprint density at radius 1 is 0.919 bits per heavy atom. The summed E-state index contributed by atoms with van der Waals surface area (Å²) in [5, 5.41) is 21.4. The van der Waals surface area contributed by atoms with Gasteiger partial charge in [-0.3, -0.25) is 9.52 Å². The predicted molar refractivity (Wildman–Crippen MR) is 147 cm³/mol. The van der Waals surface area contributed by atoms with Gasteiger partial charge in [-0.05, 0) is 42.5 Å². The van der Waals surface area contributed by atoms with Crippen molar-refractivity contribution in [1.29, 1.82) is 0 Å². The summed E-state index contributed by atoms with van der Waals surface area (Å²) in [6.07, 6.45) is -0.183. The highest BCUT2D eigenvalue weighted by Crippen LogP contribution is 2.40. The van der Waals surface area contributed by atoms with Crippen LogP contribution in [0.3, 0.4) is 0 Å². The molecule has 0 bridgehead atoms. The van der Waals surface area contributed by atoms with Crippen molar-refractivity contribution < 1.29 is 28.2 Å². The molecule has 0 aliphatic rings. The fourth-order valence-corrected chi connectivity index (χ4v) is 5.20. The molecule has 3 N–H and O–H groups in total. The largest absolute Gasteiger partial charge is 0.505 e. The molecule has 0 saturated heterocycles. The molecule has 0 spiro atoms. The van der Waals surface area contributed by atoms with Crippen LogP contribution >= 0.6 is 15.9 Å². The molecule has 10 heteroatoms. The zero-order valence-electron chi connectivity index (χ0n) is 19.7. The lowest BCUT2D eigenvalue weighted by Crippen LogP contribution is -2.31. The number of benzene rings is 4. The van der Waals surface area contributed by atoms with Crippen LogP contribution in [0.15, 0.2) is 94.3 Å². The van der Waals surface area contributed by atoms with Gasteiger partial charge in [-0.1, -0.05) is 58.4 Å². The van der Waals surface area contributed by atoms with E-state index in [0.29, 0.717) is 22.2 Å². The van der Waals surface area contributed by atoms with Crippen LogP contribution in [0.25, 0.3) is 10.8 Å². The van der Waals surface area contributed by atoms with Crippen LogP contribution in [0, 0.1) is 0 Å². The lowest BCUT2D eigenvalue weighted by Gasteiger charge is -2.27. The Kier molecular flexibility index (Phi) is 8.20. The van der Waals surface area contributed by atoms with Gasteiger partial charge in [0.25, 0.3) is 10.0 Å². The summed E-state index contributed by atoms with van der Waals surface area (Å²) < 4.78 is 35.5. The molecule has 4 aromatic rings. The van der Waals surface area contributed by atoms with E-state index in [-0.39, 0.29) is 42.4 Å². The molecule has 4 rings (SSSR count). The third-order valence-corrected chi connectivity index (χ3v) is 7.58. The summed E-state index contributed by atoms with van der Waals surface area (Å²) >= 11 is 3.30. The molecule has 0 radical (unpaired) electrons. The monoisotopic (exact) mass is 584 g/mol. The Bertz CT molecular complexity index is 1500. The van der Waals surface area contributed by atoms with E-state index in [1.165, 1.54) is 18.2 Å². The number of phenols is 1. The topological polar surface area (TPSA) is 116 Å². The molecule has 0 unspecified atom stereocenters. The standard InChI is InChI=1S/C27H25BrN2O6S/c28-19-10-12-21(13-11-19)37(34,35)29-24-18-25(27(33)23-9-5-4-8-22(23)24)30(15-14-26(31)32)16-17-36-20-6-2-1-3-7-20/h1-13,18,29,33H,14-17H2,(H,31,32). The van der Waals surface area contributed by atoms with E-state index in [2.05, 4.69) is 20.7 Å². The highest BCUT2D eigenvalue weighted by molar-refractivity contribution is 9.10. The third-order valence-electron chi connectivity index (χ3n) is 5.67. The molecule has 0 fully saturated rings. The molecule has 0 heterocycles. The summed E-state index contributed by atoms with van der Waals surface area (Å²) in [6.45, 7) is 0.557. The van der Waals surface area contributed by atoms with Crippen molar-refractivity contribution in [2.45, 2.75) is 11.3 Å². The molecule has 0 amide bonds. The number of fused-ring (bicyclic) bond motifs is 1. The van der Waals surface area contributed by atoms with Crippen molar-refractivity contribution in [3.8, 4) is 11.5 Å². The van der Waals surface area contributed by atoms with E-state index in [0.717, 1.165) is 4.47 Å². The van der Waals surface area contributed by atoms with Crippen molar-refractivity contribution in [1.82, 2.24) is 0 Å². The Labute approximate surface area is 223 Å². The van der Waals surface area contributed by atoms with Crippen molar-refractivity contribution in [3.63, 3.8) is 0 Å². The molecule has 0 aliphatic carbocycles. The number of rotatable bonds is 11. The first-order valence-electron chi connectivity index (χ1n) is 11.4. The summed E-state index contributed by atoms with van der Waals surface area (Å²) in [7, 11) is -3.95. The number of nitrogens with one attached hydrogen (secondary N) is 1. The molecule has 0 aromatic heterocycles. The molecular weight excluding hydrogens is 560 g/mol. The fraction of sp³-hybridized carbons (Fsp3) is 0.148. The molecule has 192 valence electrons. The number of para-hydroxylation sites is 1. The number of aliphatic carboxylic acids is 1. The minimum atomic E-state index is -3.95. The summed E-state index contributed by atoms with van der Waals surface area (Å²) in [4.78, 5) is 13.1. The number of carboxylic acids is 1. The number of sulfonamides is 1. The third kappa shape index (κ3) is 6.52. The number of carboxylic acid groups (broad SMARTS) is 1. The van der Waals surface area contributed by atoms with Gasteiger partial charge in [-0.25, -0.2) is 8.42 Å². The van der Waals surface area contributed by atoms with Crippen LogP contribution in [0.1, 0.15) is 6.42 Å². The van der Waals surface area contributed by atoms with Crippen molar-refractivity contribution in [2.75, 3.05) is 29.3 Å². The maximum Gasteiger partial charge on any atom is 0.305 e. The van der Waals surface area contributed by atoms with Crippen LogP contribution in [0.4, 0.5) is 11.4 Å². The fourth-order valence-electron chi connectivity index (χ4n) is 3.86. The van der Waals surface area contributed by atoms with Gasteiger partial charge in [0.15, 0.2) is 0 Å². The van der Waals surface area contributed by atoms with Gasteiger partial charge in [0.05, 0.1) is 29.2 Å². The first kappa shape index (κ1) is 26.3. The molecular formula is C27H25BrN2O6S. The minimum Gasteiger partial charge on any atom is -0.505 e. The number of ether oxygens (including phenoxy) is 1. The molecule has 0 saturated carbocycles. The van der Waals surface area contributed by atoms with Gasteiger partial charge >= 0.3 is 5.97 Å². The van der Waals surface area contributed by atoms with Crippen molar-refractivity contribution >= 4 is 54.1 Å². The lowest BCUT2D eigenvalue weighted by molar-refractivity contribution is -0.136. The number of carbonyl (C=O) groups is 1. The zero-order chi connectivity index (χ0) is 26.4. The highest BCUT2D eigenvalue weighted by atomic mass is 79.9. The van der Waals surface area contributed by atoms with E-state index in [4.69, 9.17) is 4.74 Å². The molecule has 8 nitrogen and oxygen atoms in total. The zero-order valence-corrected chi connectivity index (χ0v) is 22.1. The number of aromatic hydroxyl groups is 1. The van der Waals surface area contributed by atoms with Crippen molar-refractivity contribution in [2.24, 2.45) is 0 Å². The number of anilines is 2. The molecule has 0 atom stereocenters. The SMILES string of the molecule is O=C(O)CCN(CCOc1ccccc1)c1cc(NS(=O)(=O)c2ccc(Br)cc2)c2ccccc2c1O. The van der Waals surface area contributed by atoms with E-state index >= 15 is 0 Å². The average Bonchev–Trinajstić information content (AvgIpc) is 2.88. The van der Waals surface area contributed by atoms with Gasteiger partial charge in [0, 0.05) is 21.8 Å². The molecule has 37 heavy (non-hydrogen) atoms. The van der Waals surface area contributed by atoms with E-state index in [9.17, 15) is 23.4 Å². The highest BCUT2D eigenvalue weighted by Gasteiger charge is 2.21. The molecule has 0 aliphatic heterocycles. The van der Waals surface area contributed by atoms with Gasteiger partial charge in [0.1, 0.15) is 18.1 Å². The first-order valence-corrected chi connectivity index (χ1v) is 13.7. The average molecular weight is 585 g/mol. The van der Waals surface area contributed by atoms with Gasteiger partial charge in [-0.2, -0.15) is 0 Å². The maximum atomic E-state index is 13.2. The van der Waals surface area contributed by atoms with Crippen LogP contribution in [-0.4, -0.2) is 44.3 Å². The van der Waals surface area contributed by atoms with Crippen LogP contribution in [-0.2, 0) is 14.8 Å². The van der Waals surface area contributed by atoms with Gasteiger partial charge < -0.3 is 19.8 Å².